The van der Waals surface area contributed by atoms with Gasteiger partial charge in [-0.3, -0.25) is 0 Å². The van der Waals surface area contributed by atoms with Gasteiger partial charge >= 0.3 is 0 Å². The lowest BCUT2D eigenvalue weighted by atomic mass is 10.1. The van der Waals surface area contributed by atoms with Gasteiger partial charge in [0.2, 0.25) is 11.8 Å². The fraction of sp³-hybridized carbons (Fsp3) is 0.556. The summed E-state index contributed by atoms with van der Waals surface area (Å²) in [6.07, 6.45) is 7.25. The summed E-state index contributed by atoms with van der Waals surface area (Å²) in [5.41, 5.74) is 0. The monoisotopic (exact) mass is 164 g/mol. The van der Waals surface area contributed by atoms with Gasteiger partial charge < -0.3 is 4.42 Å². The van der Waals surface area contributed by atoms with Gasteiger partial charge in [-0.05, 0) is 12.8 Å². The van der Waals surface area contributed by atoms with Crippen LogP contribution >= 0.6 is 0 Å². The van der Waals surface area contributed by atoms with Crippen molar-refractivity contribution in [3.05, 3.63) is 23.9 Å². The second-order valence-corrected chi connectivity index (χ2v) is 3.03. The first-order valence-electron chi connectivity index (χ1n) is 4.37. The number of allylic oxidation sites excluding steroid dienone is 2. The first-order valence-corrected chi connectivity index (χ1v) is 4.37. The minimum absolute atomic E-state index is 0.442. The van der Waals surface area contributed by atoms with E-state index < -0.39 is 0 Å². The van der Waals surface area contributed by atoms with E-state index in [1.54, 1.807) is 0 Å². The van der Waals surface area contributed by atoms with Gasteiger partial charge in [-0.25, -0.2) is 0 Å². The van der Waals surface area contributed by atoms with Gasteiger partial charge in [0.1, 0.15) is 0 Å². The lowest BCUT2D eigenvalue weighted by Crippen LogP contribution is -1.92. The van der Waals surface area contributed by atoms with E-state index in [0.717, 1.165) is 31.0 Å². The molecule has 12 heavy (non-hydrogen) atoms. The first-order chi connectivity index (χ1) is 5.90. The summed E-state index contributed by atoms with van der Waals surface area (Å²) in [6.45, 7) is 2.02. The summed E-state index contributed by atoms with van der Waals surface area (Å²) >= 11 is 0. The molecule has 0 aliphatic heterocycles. The van der Waals surface area contributed by atoms with Crippen molar-refractivity contribution in [2.45, 2.75) is 32.1 Å². The van der Waals surface area contributed by atoms with Crippen LogP contribution in [0.4, 0.5) is 0 Å². The molecule has 0 aromatic carbocycles. The second-order valence-electron chi connectivity index (χ2n) is 3.03. The van der Waals surface area contributed by atoms with Gasteiger partial charge in [-0.1, -0.05) is 19.1 Å². The molecule has 64 valence electrons. The number of nitrogens with zero attached hydrogens (tertiary/aromatic N) is 2. The molecule has 0 saturated heterocycles. The molecule has 3 nitrogen and oxygen atoms in total. The van der Waals surface area contributed by atoms with Crippen molar-refractivity contribution in [3.8, 4) is 0 Å². The molecule has 3 heteroatoms. The molecule has 0 unspecified atom stereocenters. The molecule has 0 amide bonds. The van der Waals surface area contributed by atoms with Crippen LogP contribution < -0.4 is 0 Å². The van der Waals surface area contributed by atoms with Crippen LogP contribution in [0.25, 0.3) is 0 Å². The number of rotatable bonds is 2. The predicted octanol–water partition coefficient (Wildman–Crippen LogP) is 2.07. The third-order valence-electron chi connectivity index (χ3n) is 2.14. The summed E-state index contributed by atoms with van der Waals surface area (Å²) < 4.78 is 5.45. The molecule has 1 heterocycles. The third-order valence-corrected chi connectivity index (χ3v) is 2.14. The van der Waals surface area contributed by atoms with E-state index in [-0.39, 0.29) is 0 Å². The largest absolute Gasteiger partial charge is 0.425 e. The minimum Gasteiger partial charge on any atom is -0.425 e. The van der Waals surface area contributed by atoms with E-state index >= 15 is 0 Å². The highest BCUT2D eigenvalue weighted by atomic mass is 16.4. The second kappa shape index (κ2) is 3.09. The van der Waals surface area contributed by atoms with Gasteiger partial charge in [0.05, 0.1) is 0 Å². The lowest BCUT2D eigenvalue weighted by molar-refractivity contribution is 0.423. The van der Waals surface area contributed by atoms with Crippen molar-refractivity contribution in [2.24, 2.45) is 0 Å². The number of aryl methyl sites for hydroxylation is 1. The van der Waals surface area contributed by atoms with Gasteiger partial charge in [0.15, 0.2) is 0 Å². The zero-order valence-corrected chi connectivity index (χ0v) is 7.16. The van der Waals surface area contributed by atoms with Gasteiger partial charge in [-0.15, -0.1) is 10.2 Å². The highest BCUT2D eigenvalue weighted by Crippen LogP contribution is 2.27. The van der Waals surface area contributed by atoms with Crippen molar-refractivity contribution >= 4 is 0 Å². The Balaban J connectivity index is 2.12. The minimum atomic E-state index is 0.442. The molecular formula is C9H12N2O. The van der Waals surface area contributed by atoms with E-state index in [1.165, 1.54) is 0 Å². The van der Waals surface area contributed by atoms with E-state index in [9.17, 15) is 0 Å². The molecule has 0 radical (unpaired) electrons. The molecule has 0 fully saturated rings. The average molecular weight is 164 g/mol. The Kier molecular flexibility index (Phi) is 1.94. The highest BCUT2D eigenvalue weighted by Gasteiger charge is 2.18. The molecule has 0 spiro atoms. The number of hydrogen-bond donors (Lipinski definition) is 0. The summed E-state index contributed by atoms with van der Waals surface area (Å²) in [5.74, 6) is 1.99. The first kappa shape index (κ1) is 7.53. The third kappa shape index (κ3) is 1.26. The molecular weight excluding hydrogens is 152 g/mol. The molecule has 1 aromatic rings. The van der Waals surface area contributed by atoms with Crippen molar-refractivity contribution in [2.75, 3.05) is 0 Å². The van der Waals surface area contributed by atoms with Crippen molar-refractivity contribution < 1.29 is 4.42 Å². The summed E-state index contributed by atoms with van der Waals surface area (Å²) in [5, 5.41) is 7.95. The highest BCUT2D eigenvalue weighted by molar-refractivity contribution is 5.05. The van der Waals surface area contributed by atoms with Crippen molar-refractivity contribution in [1.82, 2.24) is 10.2 Å². The molecule has 2 rings (SSSR count). The maximum absolute atomic E-state index is 5.45. The molecule has 1 aliphatic carbocycles. The predicted molar refractivity (Wildman–Crippen MR) is 44.8 cm³/mol. The quantitative estimate of drug-likeness (QED) is 0.628. The van der Waals surface area contributed by atoms with Crippen molar-refractivity contribution in [3.63, 3.8) is 0 Å². The normalized spacial score (nSPS) is 17.4. The molecule has 1 aromatic heterocycles. The summed E-state index contributed by atoms with van der Waals surface area (Å²) in [6, 6.07) is 0. The molecule has 0 bridgehead atoms. The fourth-order valence-electron chi connectivity index (χ4n) is 1.39. The molecule has 0 N–H and O–H groups in total. The van der Waals surface area contributed by atoms with Gasteiger partial charge in [0, 0.05) is 12.3 Å². The van der Waals surface area contributed by atoms with E-state index in [2.05, 4.69) is 22.3 Å². The molecule has 1 aliphatic rings. The zero-order chi connectivity index (χ0) is 8.39. The van der Waals surface area contributed by atoms with E-state index in [1.807, 2.05) is 6.92 Å². The Morgan fingerprint density at radius 3 is 2.75 bits per heavy atom. The van der Waals surface area contributed by atoms with Crippen LogP contribution in [0.15, 0.2) is 16.6 Å². The summed E-state index contributed by atoms with van der Waals surface area (Å²) in [7, 11) is 0. The number of aromatic nitrogens is 2. The topological polar surface area (TPSA) is 38.9 Å². The van der Waals surface area contributed by atoms with Crippen LogP contribution in [0.2, 0.25) is 0 Å². The van der Waals surface area contributed by atoms with Crippen LogP contribution in [0.3, 0.4) is 0 Å². The summed E-state index contributed by atoms with van der Waals surface area (Å²) in [4.78, 5) is 0. The molecule has 0 atom stereocenters. The lowest BCUT2D eigenvalue weighted by Gasteiger charge is -2.00. The van der Waals surface area contributed by atoms with Crippen LogP contribution in [0.1, 0.15) is 37.5 Å². The zero-order valence-electron chi connectivity index (χ0n) is 7.16. The van der Waals surface area contributed by atoms with Crippen LogP contribution in [-0.4, -0.2) is 10.2 Å². The van der Waals surface area contributed by atoms with Crippen LogP contribution in [-0.2, 0) is 6.42 Å². The standard InChI is InChI=1S/C9H12N2O/c1-2-8-10-11-9(12-8)7-5-3-4-6-7/h3-4,7H,2,5-6H2,1H3. The van der Waals surface area contributed by atoms with Crippen molar-refractivity contribution in [1.29, 1.82) is 0 Å². The Hall–Kier alpha value is -1.12. The van der Waals surface area contributed by atoms with E-state index in [4.69, 9.17) is 4.42 Å². The van der Waals surface area contributed by atoms with Crippen LogP contribution in [0.5, 0.6) is 0 Å². The fourth-order valence-corrected chi connectivity index (χ4v) is 1.39. The Labute approximate surface area is 71.5 Å². The van der Waals surface area contributed by atoms with Crippen LogP contribution in [0, 0.1) is 0 Å². The maximum Gasteiger partial charge on any atom is 0.220 e. The SMILES string of the molecule is CCc1nnc(C2CC=CC2)o1. The Bertz CT molecular complexity index is 282. The Morgan fingerprint density at radius 1 is 1.42 bits per heavy atom. The Morgan fingerprint density at radius 2 is 2.17 bits per heavy atom. The average Bonchev–Trinajstić information content (AvgIpc) is 2.75. The maximum atomic E-state index is 5.45. The number of hydrogen-bond acceptors (Lipinski definition) is 3. The van der Waals surface area contributed by atoms with Gasteiger partial charge in [0.25, 0.3) is 0 Å². The smallest absolute Gasteiger partial charge is 0.220 e. The molecule has 0 saturated carbocycles. The van der Waals surface area contributed by atoms with E-state index in [0.29, 0.717) is 5.92 Å². The van der Waals surface area contributed by atoms with Gasteiger partial charge in [-0.2, -0.15) is 0 Å².